The van der Waals surface area contributed by atoms with Crippen LogP contribution in [0.4, 0.5) is 0 Å². The van der Waals surface area contributed by atoms with Gasteiger partial charge in [0.1, 0.15) is 6.10 Å². The summed E-state index contributed by atoms with van der Waals surface area (Å²) in [5.74, 6) is -0.285. The van der Waals surface area contributed by atoms with Crippen molar-refractivity contribution in [1.82, 2.24) is 0 Å². The molecule has 3 atom stereocenters. The Morgan fingerprint density at radius 3 is 2.89 bits per heavy atom. The third-order valence-electron chi connectivity index (χ3n) is 3.83. The fraction of sp³-hybridized carbons (Fsp3) is 0.533. The van der Waals surface area contributed by atoms with E-state index in [4.69, 9.17) is 4.74 Å². The molecule has 0 aromatic heterocycles. The van der Waals surface area contributed by atoms with Gasteiger partial charge in [-0.2, -0.15) is 0 Å². The van der Waals surface area contributed by atoms with Gasteiger partial charge in [-0.3, -0.25) is 0 Å². The first-order valence-corrected chi connectivity index (χ1v) is 6.41. The van der Waals surface area contributed by atoms with E-state index in [9.17, 15) is 9.90 Å². The van der Waals surface area contributed by atoms with Crippen molar-refractivity contribution in [1.29, 1.82) is 0 Å². The molecule has 0 radical (unpaired) electrons. The van der Waals surface area contributed by atoms with Crippen molar-refractivity contribution >= 4 is 5.97 Å². The molecule has 3 heteroatoms. The zero-order chi connectivity index (χ0) is 13.3. The highest BCUT2D eigenvalue weighted by Crippen LogP contribution is 2.33. The molecule has 1 aliphatic carbocycles. The summed E-state index contributed by atoms with van der Waals surface area (Å²) in [6.45, 7) is 7.76. The second kappa shape index (κ2) is 5.11. The third kappa shape index (κ3) is 2.56. The van der Waals surface area contributed by atoms with Crippen molar-refractivity contribution in [2.75, 3.05) is 0 Å². The van der Waals surface area contributed by atoms with Crippen LogP contribution in [0, 0.1) is 5.92 Å². The Morgan fingerprint density at radius 2 is 2.17 bits per heavy atom. The minimum absolute atomic E-state index is 0.00713. The molecule has 1 N–H and O–H groups in total. The standard InChI is InChI=1S/C15H20O3/c1-9-4-7-13(16)10(2)5-6-12-11(3)15(17)18-14(12)8-9/h5,8,12-14,16H,3-4,6-7H2,1-2H3/b9-8+,10-5+/t12-,13+,14-/m0/s1. The second-order valence-electron chi connectivity index (χ2n) is 5.25. The Hall–Kier alpha value is -1.35. The van der Waals surface area contributed by atoms with Crippen LogP contribution in [0.1, 0.15) is 33.1 Å². The van der Waals surface area contributed by atoms with Gasteiger partial charge in [-0.15, -0.1) is 0 Å². The van der Waals surface area contributed by atoms with Crippen molar-refractivity contribution in [2.45, 2.75) is 45.3 Å². The molecule has 0 aromatic carbocycles. The summed E-state index contributed by atoms with van der Waals surface area (Å²) in [7, 11) is 0. The third-order valence-corrected chi connectivity index (χ3v) is 3.83. The Kier molecular flexibility index (Phi) is 3.71. The molecule has 0 spiro atoms. The van der Waals surface area contributed by atoms with E-state index >= 15 is 0 Å². The maximum Gasteiger partial charge on any atom is 0.334 e. The Morgan fingerprint density at radius 1 is 1.44 bits per heavy atom. The van der Waals surface area contributed by atoms with Crippen LogP contribution >= 0.6 is 0 Å². The van der Waals surface area contributed by atoms with Crippen LogP contribution in [-0.2, 0) is 9.53 Å². The molecule has 0 saturated carbocycles. The zero-order valence-corrected chi connectivity index (χ0v) is 11.0. The van der Waals surface area contributed by atoms with Crippen LogP contribution in [0.25, 0.3) is 0 Å². The normalized spacial score (nSPS) is 39.2. The molecule has 1 heterocycles. The fourth-order valence-electron chi connectivity index (χ4n) is 2.46. The first kappa shape index (κ1) is 13.1. The minimum atomic E-state index is -0.392. The number of carbonyl (C=O) groups is 1. The van der Waals surface area contributed by atoms with E-state index in [2.05, 4.69) is 6.58 Å². The van der Waals surface area contributed by atoms with E-state index in [1.54, 1.807) is 0 Å². The number of rotatable bonds is 0. The molecule has 98 valence electrons. The SMILES string of the molecule is C=C1C(=O)O[C@H]2/C=C(\C)CC[C@@H](O)/C(C)=C/C[C@@H]12. The van der Waals surface area contributed by atoms with Crippen LogP contribution in [0.3, 0.4) is 0 Å². The van der Waals surface area contributed by atoms with Gasteiger partial charge < -0.3 is 9.84 Å². The highest BCUT2D eigenvalue weighted by molar-refractivity contribution is 5.91. The average Bonchev–Trinajstić information content (AvgIpc) is 2.58. The molecule has 1 saturated heterocycles. The number of hydrogen-bond donors (Lipinski definition) is 1. The predicted molar refractivity (Wildman–Crippen MR) is 69.9 cm³/mol. The van der Waals surface area contributed by atoms with Gasteiger partial charge in [0.05, 0.1) is 6.10 Å². The van der Waals surface area contributed by atoms with Crippen LogP contribution < -0.4 is 0 Å². The summed E-state index contributed by atoms with van der Waals surface area (Å²) in [6.07, 6.45) is 5.66. The Labute approximate surface area is 108 Å². The van der Waals surface area contributed by atoms with Gasteiger partial charge in [-0.25, -0.2) is 4.79 Å². The molecule has 18 heavy (non-hydrogen) atoms. The van der Waals surface area contributed by atoms with Gasteiger partial charge in [0.15, 0.2) is 0 Å². The van der Waals surface area contributed by atoms with Crippen LogP contribution in [0.5, 0.6) is 0 Å². The summed E-state index contributed by atoms with van der Waals surface area (Å²) < 4.78 is 5.34. The first-order valence-electron chi connectivity index (χ1n) is 6.41. The van der Waals surface area contributed by atoms with Gasteiger partial charge in [0, 0.05) is 11.5 Å². The predicted octanol–water partition coefficient (Wildman–Crippen LogP) is 2.52. The second-order valence-corrected chi connectivity index (χ2v) is 5.25. The van der Waals surface area contributed by atoms with Gasteiger partial charge in [-0.05, 0) is 44.8 Å². The summed E-state index contributed by atoms with van der Waals surface area (Å²) >= 11 is 0. The number of ether oxygens (including phenoxy) is 1. The largest absolute Gasteiger partial charge is 0.454 e. The van der Waals surface area contributed by atoms with Crippen molar-refractivity contribution in [3.8, 4) is 0 Å². The molecule has 2 rings (SSSR count). The van der Waals surface area contributed by atoms with E-state index < -0.39 is 6.10 Å². The molecule has 1 fully saturated rings. The topological polar surface area (TPSA) is 46.5 Å². The minimum Gasteiger partial charge on any atom is -0.454 e. The molecular formula is C15H20O3. The summed E-state index contributed by atoms with van der Waals surface area (Å²) in [4.78, 5) is 11.6. The van der Waals surface area contributed by atoms with E-state index in [-0.39, 0.29) is 18.0 Å². The summed E-state index contributed by atoms with van der Waals surface area (Å²) in [6, 6.07) is 0. The summed E-state index contributed by atoms with van der Waals surface area (Å²) in [5.41, 5.74) is 2.67. The quantitative estimate of drug-likeness (QED) is 0.407. The zero-order valence-electron chi connectivity index (χ0n) is 11.0. The van der Waals surface area contributed by atoms with Crippen molar-refractivity contribution < 1.29 is 14.6 Å². The lowest BCUT2D eigenvalue weighted by molar-refractivity contribution is -0.137. The maximum atomic E-state index is 11.6. The molecular weight excluding hydrogens is 228 g/mol. The van der Waals surface area contributed by atoms with E-state index in [0.29, 0.717) is 12.0 Å². The smallest absolute Gasteiger partial charge is 0.334 e. The number of aliphatic hydroxyl groups is 1. The molecule has 2 aliphatic rings. The first-order chi connectivity index (χ1) is 8.49. The number of esters is 1. The number of aliphatic hydroxyl groups excluding tert-OH is 1. The fourth-order valence-corrected chi connectivity index (χ4v) is 2.46. The average molecular weight is 248 g/mol. The Bertz CT molecular complexity index is 431. The van der Waals surface area contributed by atoms with E-state index in [1.165, 1.54) is 0 Å². The Balaban J connectivity index is 2.28. The van der Waals surface area contributed by atoms with Crippen LogP contribution in [0.15, 0.2) is 35.5 Å². The number of carbonyl (C=O) groups excluding carboxylic acids is 1. The summed E-state index contributed by atoms with van der Waals surface area (Å²) in [5, 5.41) is 9.96. The maximum absolute atomic E-state index is 11.6. The highest BCUT2D eigenvalue weighted by atomic mass is 16.5. The number of allylic oxidation sites excluding steroid dienone is 2. The van der Waals surface area contributed by atoms with Gasteiger partial charge in [-0.1, -0.05) is 18.2 Å². The van der Waals surface area contributed by atoms with Gasteiger partial charge in [0.25, 0.3) is 0 Å². The van der Waals surface area contributed by atoms with Crippen molar-refractivity contribution in [3.05, 3.63) is 35.5 Å². The van der Waals surface area contributed by atoms with Crippen LogP contribution in [0.2, 0.25) is 0 Å². The van der Waals surface area contributed by atoms with Crippen molar-refractivity contribution in [2.24, 2.45) is 5.92 Å². The van der Waals surface area contributed by atoms with Gasteiger partial charge >= 0.3 is 5.97 Å². The highest BCUT2D eigenvalue weighted by Gasteiger charge is 2.36. The van der Waals surface area contributed by atoms with E-state index in [0.717, 1.165) is 24.0 Å². The number of hydrogen-bond acceptors (Lipinski definition) is 3. The lowest BCUT2D eigenvalue weighted by Crippen LogP contribution is -2.17. The number of fused-ring (bicyclic) bond motifs is 1. The van der Waals surface area contributed by atoms with Crippen LogP contribution in [-0.4, -0.2) is 23.3 Å². The lowest BCUT2D eigenvalue weighted by atomic mass is 9.89. The van der Waals surface area contributed by atoms with E-state index in [1.807, 2.05) is 26.0 Å². The molecule has 0 unspecified atom stereocenters. The van der Waals surface area contributed by atoms with Gasteiger partial charge in [0.2, 0.25) is 0 Å². The molecule has 0 aromatic rings. The molecule has 0 amide bonds. The molecule has 1 aliphatic heterocycles. The monoisotopic (exact) mass is 248 g/mol. The van der Waals surface area contributed by atoms with Crippen molar-refractivity contribution in [3.63, 3.8) is 0 Å². The molecule has 3 nitrogen and oxygen atoms in total. The molecule has 0 bridgehead atoms. The lowest BCUT2D eigenvalue weighted by Gasteiger charge is -2.18.